The van der Waals surface area contributed by atoms with Gasteiger partial charge in [-0.25, -0.2) is 0 Å². The normalized spacial score (nSPS) is 11.5. The zero-order valence-electron chi connectivity index (χ0n) is 15.1. The van der Waals surface area contributed by atoms with Crippen LogP contribution >= 0.6 is 0 Å². The summed E-state index contributed by atoms with van der Waals surface area (Å²) in [4.78, 5) is 23.6. The predicted molar refractivity (Wildman–Crippen MR) is 99.2 cm³/mol. The van der Waals surface area contributed by atoms with Gasteiger partial charge in [0.05, 0.1) is 25.2 Å². The maximum Gasteiger partial charge on any atom is 0.310 e. The first-order valence-corrected chi connectivity index (χ1v) is 8.41. The molecule has 2 rings (SSSR count). The van der Waals surface area contributed by atoms with E-state index in [1.807, 2.05) is 6.92 Å². The Morgan fingerprint density at radius 2 is 1.85 bits per heavy atom. The minimum absolute atomic E-state index is 0.308. The van der Waals surface area contributed by atoms with Gasteiger partial charge in [0.15, 0.2) is 0 Å². The van der Waals surface area contributed by atoms with Gasteiger partial charge < -0.3 is 19.9 Å². The highest BCUT2D eigenvalue weighted by Crippen LogP contribution is 2.26. The summed E-state index contributed by atoms with van der Waals surface area (Å²) in [5, 5.41) is 11.8. The molecular weight excluding hydrogens is 334 g/mol. The first-order chi connectivity index (χ1) is 12.5. The van der Waals surface area contributed by atoms with Crippen molar-refractivity contribution in [1.29, 1.82) is 0 Å². The summed E-state index contributed by atoms with van der Waals surface area (Å²) in [5.74, 6) is -0.731. The van der Waals surface area contributed by atoms with Crippen molar-refractivity contribution in [1.82, 2.24) is 0 Å². The molecule has 0 saturated heterocycles. The van der Waals surface area contributed by atoms with Crippen LogP contribution in [0.15, 0.2) is 42.5 Å². The van der Waals surface area contributed by atoms with Gasteiger partial charge >= 0.3 is 5.97 Å². The lowest BCUT2D eigenvalue weighted by molar-refractivity contribution is -0.138. The van der Waals surface area contributed by atoms with E-state index in [-0.39, 0.29) is 5.91 Å². The van der Waals surface area contributed by atoms with Crippen LogP contribution in [0.25, 0.3) is 0 Å². The second-order valence-electron chi connectivity index (χ2n) is 5.85. The number of benzene rings is 2. The van der Waals surface area contributed by atoms with E-state index in [0.717, 1.165) is 6.42 Å². The number of anilines is 1. The molecule has 2 N–H and O–H groups in total. The van der Waals surface area contributed by atoms with Crippen molar-refractivity contribution < 1.29 is 24.2 Å². The third-order valence-electron chi connectivity index (χ3n) is 3.93. The highest BCUT2D eigenvalue weighted by Gasteiger charge is 2.16. The molecule has 0 bridgehead atoms. The number of methoxy groups -OCH3 is 1. The van der Waals surface area contributed by atoms with Crippen molar-refractivity contribution in [2.45, 2.75) is 26.2 Å². The van der Waals surface area contributed by atoms with Gasteiger partial charge in [-0.05, 0) is 43.2 Å². The zero-order chi connectivity index (χ0) is 19.1. The van der Waals surface area contributed by atoms with Crippen LogP contribution < -0.4 is 14.8 Å². The number of carboxylic acids is 1. The quantitative estimate of drug-likeness (QED) is 0.748. The second kappa shape index (κ2) is 8.89. The summed E-state index contributed by atoms with van der Waals surface area (Å²) >= 11 is 0. The smallest absolute Gasteiger partial charge is 0.310 e. The van der Waals surface area contributed by atoms with E-state index >= 15 is 0 Å². The lowest BCUT2D eigenvalue weighted by Crippen LogP contribution is -2.14. The maximum atomic E-state index is 12.6. The Hall–Kier alpha value is -3.02. The number of carboxylic acid groups (broad SMARTS) is 1. The third-order valence-corrected chi connectivity index (χ3v) is 3.93. The fourth-order valence-electron chi connectivity index (χ4n) is 2.34. The highest BCUT2D eigenvalue weighted by atomic mass is 16.5. The molecule has 1 unspecified atom stereocenters. The molecule has 6 heteroatoms. The van der Waals surface area contributed by atoms with Crippen molar-refractivity contribution in [3.05, 3.63) is 53.6 Å². The van der Waals surface area contributed by atoms with E-state index in [9.17, 15) is 9.59 Å². The fourth-order valence-corrected chi connectivity index (χ4v) is 2.34. The van der Waals surface area contributed by atoms with Crippen molar-refractivity contribution >= 4 is 17.6 Å². The zero-order valence-corrected chi connectivity index (χ0v) is 15.1. The molecule has 0 aromatic heterocycles. The average Bonchev–Trinajstić information content (AvgIpc) is 2.65. The molecular formula is C20H23NO5. The Morgan fingerprint density at radius 1 is 1.15 bits per heavy atom. The first-order valence-electron chi connectivity index (χ1n) is 8.41. The average molecular weight is 357 g/mol. The molecule has 138 valence electrons. The summed E-state index contributed by atoms with van der Waals surface area (Å²) in [6.45, 7) is 4.10. The van der Waals surface area contributed by atoms with Gasteiger partial charge in [0.1, 0.15) is 11.5 Å². The number of ether oxygens (including phenoxy) is 2. The molecule has 1 amide bonds. The molecule has 0 saturated carbocycles. The van der Waals surface area contributed by atoms with Crippen LogP contribution in [0.3, 0.4) is 0 Å². The minimum atomic E-state index is -0.891. The van der Waals surface area contributed by atoms with E-state index < -0.39 is 11.9 Å². The second-order valence-corrected chi connectivity index (χ2v) is 5.85. The minimum Gasteiger partial charge on any atom is -0.497 e. The molecule has 2 aromatic rings. The number of hydrogen-bond acceptors (Lipinski definition) is 4. The third kappa shape index (κ3) is 4.75. The Balaban J connectivity index is 2.17. The van der Waals surface area contributed by atoms with Gasteiger partial charge in [0.2, 0.25) is 0 Å². The molecule has 1 atom stereocenters. The number of aliphatic carboxylic acids is 1. The molecule has 6 nitrogen and oxygen atoms in total. The SMILES string of the molecule is CCCOc1cc(OC)ccc1C(=O)Nc1ccc(C(C)C(=O)O)cc1. The standard InChI is InChI=1S/C20H23NO5/c1-4-11-26-18-12-16(25-3)9-10-17(18)19(22)21-15-7-5-14(6-8-15)13(2)20(23)24/h5-10,12-13H,4,11H2,1-3H3,(H,21,22)(H,23,24). The number of hydrogen-bond donors (Lipinski definition) is 2. The van der Waals surface area contributed by atoms with Gasteiger partial charge in [-0.15, -0.1) is 0 Å². The maximum absolute atomic E-state index is 12.6. The van der Waals surface area contributed by atoms with Crippen LogP contribution in [0.1, 0.15) is 42.1 Å². The van der Waals surface area contributed by atoms with Gasteiger partial charge in [0, 0.05) is 11.8 Å². The summed E-state index contributed by atoms with van der Waals surface area (Å²) in [6, 6.07) is 11.8. The molecule has 0 radical (unpaired) electrons. The van der Waals surface area contributed by atoms with E-state index in [2.05, 4.69) is 5.32 Å². The van der Waals surface area contributed by atoms with Crippen LogP contribution in [0.5, 0.6) is 11.5 Å². The van der Waals surface area contributed by atoms with E-state index in [1.165, 1.54) is 0 Å². The molecule has 0 heterocycles. The van der Waals surface area contributed by atoms with Crippen molar-refractivity contribution in [3.8, 4) is 11.5 Å². The van der Waals surface area contributed by atoms with Gasteiger partial charge in [0.25, 0.3) is 5.91 Å². The first kappa shape index (κ1) is 19.3. The van der Waals surface area contributed by atoms with E-state index in [4.69, 9.17) is 14.6 Å². The summed E-state index contributed by atoms with van der Waals surface area (Å²) in [6.07, 6.45) is 0.821. The number of rotatable bonds is 8. The number of carbonyl (C=O) groups is 2. The summed E-state index contributed by atoms with van der Waals surface area (Å²) < 4.78 is 10.8. The van der Waals surface area contributed by atoms with Crippen LogP contribution in [0, 0.1) is 0 Å². The number of amides is 1. The monoisotopic (exact) mass is 357 g/mol. The largest absolute Gasteiger partial charge is 0.497 e. The molecule has 0 spiro atoms. The van der Waals surface area contributed by atoms with Gasteiger partial charge in [-0.3, -0.25) is 9.59 Å². The Kier molecular flexibility index (Phi) is 6.60. The Bertz CT molecular complexity index is 770. The lowest BCUT2D eigenvalue weighted by atomic mass is 10.0. The fraction of sp³-hybridized carbons (Fsp3) is 0.300. The van der Waals surface area contributed by atoms with Crippen molar-refractivity contribution in [2.24, 2.45) is 0 Å². The van der Waals surface area contributed by atoms with E-state index in [0.29, 0.717) is 34.9 Å². The van der Waals surface area contributed by atoms with Crippen molar-refractivity contribution in [3.63, 3.8) is 0 Å². The molecule has 26 heavy (non-hydrogen) atoms. The molecule has 2 aromatic carbocycles. The lowest BCUT2D eigenvalue weighted by Gasteiger charge is -2.13. The van der Waals surface area contributed by atoms with Crippen LogP contribution in [-0.4, -0.2) is 30.7 Å². The van der Waals surface area contributed by atoms with Gasteiger partial charge in [-0.2, -0.15) is 0 Å². The molecule has 0 aliphatic rings. The topological polar surface area (TPSA) is 84.9 Å². The van der Waals surface area contributed by atoms with Crippen LogP contribution in [0.4, 0.5) is 5.69 Å². The van der Waals surface area contributed by atoms with Crippen LogP contribution in [-0.2, 0) is 4.79 Å². The Morgan fingerprint density at radius 3 is 2.42 bits per heavy atom. The van der Waals surface area contributed by atoms with E-state index in [1.54, 1.807) is 56.5 Å². The van der Waals surface area contributed by atoms with Crippen LogP contribution in [0.2, 0.25) is 0 Å². The predicted octanol–water partition coefficient (Wildman–Crippen LogP) is 3.92. The molecule has 0 fully saturated rings. The highest BCUT2D eigenvalue weighted by molar-refractivity contribution is 6.06. The number of carbonyl (C=O) groups excluding carboxylic acids is 1. The molecule has 0 aliphatic heterocycles. The summed E-state index contributed by atoms with van der Waals surface area (Å²) in [5.41, 5.74) is 1.66. The molecule has 0 aliphatic carbocycles. The Labute approximate surface area is 152 Å². The number of nitrogens with one attached hydrogen (secondary N) is 1. The van der Waals surface area contributed by atoms with Gasteiger partial charge in [-0.1, -0.05) is 19.1 Å². The summed E-state index contributed by atoms with van der Waals surface area (Å²) in [7, 11) is 1.55. The van der Waals surface area contributed by atoms with Crippen molar-refractivity contribution in [2.75, 3.05) is 19.0 Å².